The average Bonchev–Trinajstić information content (AvgIpc) is 3.22. The fraction of sp³-hybridized carbons (Fsp3) is 0.938. The van der Waals surface area contributed by atoms with Gasteiger partial charge in [0.2, 0.25) is 0 Å². The Kier molecular flexibility index (Phi) is 66.4. The fourth-order valence-corrected chi connectivity index (χ4v) is 7.31. The number of unbranched alkanes of at least 4 members (excludes halogenated alkanes) is 36. The molecule has 0 aliphatic rings. The van der Waals surface area contributed by atoms with Crippen molar-refractivity contribution in [1.82, 2.24) is 0 Å². The molecule has 0 aliphatic carbocycles. The molecule has 0 saturated carbocycles. The van der Waals surface area contributed by atoms with Gasteiger partial charge in [0.15, 0.2) is 0 Å². The minimum absolute atomic E-state index is 0. The van der Waals surface area contributed by atoms with Gasteiger partial charge < -0.3 is 14.7 Å². The van der Waals surface area contributed by atoms with Gasteiger partial charge in [-0.2, -0.15) is 14.4 Å². The summed E-state index contributed by atoms with van der Waals surface area (Å²) in [4.78, 5) is 66.6. The molecule has 9 nitrogen and oxygen atoms in total. The first-order valence-electron chi connectivity index (χ1n) is 25.1. The van der Waals surface area contributed by atoms with Crippen molar-refractivity contribution >= 4 is 25.2 Å². The molecule has 0 unspecified atom stereocenters. The quantitative estimate of drug-likeness (QED) is 0.0255. The van der Waals surface area contributed by atoms with E-state index < -0.39 is 25.2 Å². The average molecular weight is 1100 g/mol. The van der Waals surface area contributed by atoms with Gasteiger partial charge in [-0.25, -0.2) is 14.4 Å². The smallest absolute Gasteiger partial charge is 0.308 e. The Morgan fingerprint density at radius 2 is 0.410 bits per heavy atom. The van der Waals surface area contributed by atoms with Crippen molar-refractivity contribution < 1.29 is 122 Å². The van der Waals surface area contributed by atoms with Crippen molar-refractivity contribution in [3.05, 3.63) is 0 Å². The van der Waals surface area contributed by atoms with Crippen molar-refractivity contribution in [3.63, 3.8) is 0 Å². The molecule has 0 N–H and O–H groups in total. The van der Waals surface area contributed by atoms with Crippen LogP contribution in [-0.4, -0.2) is 25.2 Å². The minimum atomic E-state index is -1.85. The summed E-state index contributed by atoms with van der Waals surface area (Å²) in [7, 11) is -1.85. The van der Waals surface area contributed by atoms with E-state index in [1.165, 1.54) is 193 Å². The van der Waals surface area contributed by atoms with E-state index in [-0.39, 0.29) is 97.9 Å². The summed E-state index contributed by atoms with van der Waals surface area (Å²) in [5.74, 6) is -1.80. The number of hydrogen-bond acceptors (Lipinski definition) is 9. The summed E-state index contributed by atoms with van der Waals surface area (Å²) in [5, 5.41) is 0. The molecule has 0 aromatic carbocycles. The van der Waals surface area contributed by atoms with E-state index in [0.29, 0.717) is 19.3 Å². The summed E-state index contributed by atoms with van der Waals surface area (Å²) in [6.07, 6.45) is 47.7. The molecule has 0 amide bonds. The molecule has 0 rings (SSSR count). The van der Waals surface area contributed by atoms with Crippen LogP contribution in [0.3, 0.4) is 0 Å². The van der Waals surface area contributed by atoms with Crippen LogP contribution < -0.4 is 0 Å². The Bertz CT molecular complexity index is 782. The van der Waals surface area contributed by atoms with E-state index in [2.05, 4.69) is 20.8 Å². The topological polar surface area (TPSA) is 107 Å². The molecule has 0 radical (unpaired) electrons. The molecule has 0 atom stereocenters. The standard InChI is InChI=1S/C48H93BO9.3Zr/c1-4-7-10-13-16-19-22-25-28-31-34-37-40-43-46(50)53-56-49(57-54-47(51)44-41-38-35-32-29-26-23-20-17-14-11-8-5-2)58-55-48(52)45-42-39-36-33-30-27-24-21-18-15-12-9-6-3;;;/h4-45H2,1-3H3;;;. The van der Waals surface area contributed by atoms with Gasteiger partial charge in [0.25, 0.3) is 0 Å². The predicted octanol–water partition coefficient (Wildman–Crippen LogP) is 15.8. The first kappa shape index (κ1) is 68.6. The van der Waals surface area contributed by atoms with E-state index >= 15 is 0 Å². The number of carbonyl (C=O) groups excluding carboxylic acids is 3. The third kappa shape index (κ3) is 57.1. The molecule has 0 heterocycles. The number of hydrogen-bond donors (Lipinski definition) is 0. The molecule has 0 bridgehead atoms. The molecule has 0 aliphatic heterocycles. The van der Waals surface area contributed by atoms with E-state index in [9.17, 15) is 14.4 Å². The fourth-order valence-electron chi connectivity index (χ4n) is 7.31. The zero-order valence-electron chi connectivity index (χ0n) is 40.0. The van der Waals surface area contributed by atoms with Crippen molar-refractivity contribution in [3.8, 4) is 0 Å². The first-order chi connectivity index (χ1) is 28.5. The summed E-state index contributed by atoms with van der Waals surface area (Å²) in [6, 6.07) is 0. The summed E-state index contributed by atoms with van der Waals surface area (Å²) in [5.41, 5.74) is 0. The SMILES string of the molecule is CCCCCCCCCCCCCCCC(=O)OOB(OOC(=O)CCCCCCCCCCCCCCC)OOC(=O)CCCCCCCCCCCCCCC.[Zr].[Zr].[Zr]. The van der Waals surface area contributed by atoms with Gasteiger partial charge in [-0.05, 0) is 19.3 Å². The molecule has 13 heteroatoms. The van der Waals surface area contributed by atoms with Crippen molar-refractivity contribution in [2.75, 3.05) is 0 Å². The van der Waals surface area contributed by atoms with Crippen LogP contribution in [0, 0.1) is 0 Å². The van der Waals surface area contributed by atoms with Crippen LogP contribution in [-0.2, 0) is 122 Å². The molecule has 61 heavy (non-hydrogen) atoms. The van der Waals surface area contributed by atoms with Gasteiger partial charge in [0, 0.05) is 97.9 Å². The minimum Gasteiger partial charge on any atom is -0.308 e. The third-order valence-electron chi connectivity index (χ3n) is 11.1. The van der Waals surface area contributed by atoms with Crippen LogP contribution in [0.2, 0.25) is 0 Å². The van der Waals surface area contributed by atoms with Gasteiger partial charge in [-0.15, -0.1) is 0 Å². The molecule has 0 aromatic rings. The van der Waals surface area contributed by atoms with Gasteiger partial charge >= 0.3 is 25.2 Å². The normalized spacial score (nSPS) is 10.7. The molecular weight excluding hydrogens is 1010 g/mol. The maximum atomic E-state index is 12.4. The molecule has 354 valence electrons. The van der Waals surface area contributed by atoms with Gasteiger partial charge in [-0.1, -0.05) is 252 Å². The van der Waals surface area contributed by atoms with Crippen LogP contribution in [0.4, 0.5) is 0 Å². The van der Waals surface area contributed by atoms with Crippen molar-refractivity contribution in [2.45, 2.75) is 290 Å². The Morgan fingerprint density at radius 1 is 0.262 bits per heavy atom. The van der Waals surface area contributed by atoms with Gasteiger partial charge in [0.1, 0.15) is 0 Å². The Balaban J connectivity index is -0.00000541. The van der Waals surface area contributed by atoms with Crippen molar-refractivity contribution in [1.29, 1.82) is 0 Å². The molecule has 0 aromatic heterocycles. The second-order valence-electron chi connectivity index (χ2n) is 16.9. The molecule has 0 spiro atoms. The van der Waals surface area contributed by atoms with Crippen molar-refractivity contribution in [2.24, 2.45) is 0 Å². The van der Waals surface area contributed by atoms with E-state index in [4.69, 9.17) is 29.1 Å². The summed E-state index contributed by atoms with van der Waals surface area (Å²) in [6.45, 7) is 6.75. The second-order valence-corrected chi connectivity index (χ2v) is 16.9. The Hall–Kier alpha value is 1.00. The summed E-state index contributed by atoms with van der Waals surface area (Å²) >= 11 is 0. The molecule has 0 saturated heterocycles. The third-order valence-corrected chi connectivity index (χ3v) is 11.1. The maximum absolute atomic E-state index is 12.4. The van der Waals surface area contributed by atoms with E-state index in [1.807, 2.05) is 0 Å². The largest absolute Gasteiger partial charge is 0.754 e. The van der Waals surface area contributed by atoms with Gasteiger partial charge in [0.05, 0.1) is 0 Å². The maximum Gasteiger partial charge on any atom is 0.754 e. The second kappa shape index (κ2) is 59.0. The summed E-state index contributed by atoms with van der Waals surface area (Å²) < 4.78 is 0. The van der Waals surface area contributed by atoms with Crippen LogP contribution in [0.15, 0.2) is 0 Å². The number of rotatable bonds is 48. The first-order valence-corrected chi connectivity index (χ1v) is 25.1. The van der Waals surface area contributed by atoms with E-state index in [1.54, 1.807) is 0 Å². The Labute approximate surface area is 434 Å². The van der Waals surface area contributed by atoms with Crippen LogP contribution in [0.5, 0.6) is 0 Å². The predicted molar refractivity (Wildman–Crippen MR) is 238 cm³/mol. The monoisotopic (exact) mass is 1090 g/mol. The van der Waals surface area contributed by atoms with Crippen LogP contribution in [0.25, 0.3) is 0 Å². The van der Waals surface area contributed by atoms with Crippen LogP contribution in [0.1, 0.15) is 290 Å². The van der Waals surface area contributed by atoms with Gasteiger partial charge in [-0.3, -0.25) is 0 Å². The molecular formula is C48H93BO9Zr3. The van der Waals surface area contributed by atoms with Crippen LogP contribution >= 0.6 is 0 Å². The zero-order valence-corrected chi connectivity index (χ0v) is 47.3. The van der Waals surface area contributed by atoms with E-state index in [0.717, 1.165) is 38.5 Å². The zero-order chi connectivity index (χ0) is 42.3. The number of carbonyl (C=O) groups is 3. The Morgan fingerprint density at radius 3 is 0.574 bits per heavy atom. The molecule has 0 fully saturated rings.